The van der Waals surface area contributed by atoms with Gasteiger partial charge in [-0.2, -0.15) is 4.31 Å². The predicted molar refractivity (Wildman–Crippen MR) is 103 cm³/mol. The van der Waals surface area contributed by atoms with Crippen molar-refractivity contribution in [1.29, 1.82) is 0 Å². The molecule has 0 atom stereocenters. The Labute approximate surface area is 155 Å². The molecule has 0 bridgehead atoms. The van der Waals surface area contributed by atoms with Crippen LogP contribution in [-0.2, 0) is 16.6 Å². The van der Waals surface area contributed by atoms with Crippen molar-refractivity contribution in [2.75, 3.05) is 25.0 Å². The van der Waals surface area contributed by atoms with Crippen LogP contribution in [0, 0.1) is 0 Å². The Kier molecular flexibility index (Phi) is 5.44. The molecule has 2 aromatic rings. The third-order valence-electron chi connectivity index (χ3n) is 4.80. The van der Waals surface area contributed by atoms with Gasteiger partial charge in [0.25, 0.3) is 0 Å². The van der Waals surface area contributed by atoms with E-state index in [0.717, 1.165) is 24.3 Å². The second kappa shape index (κ2) is 7.60. The molecular weight excluding hydrogens is 348 g/mol. The molecule has 0 radical (unpaired) electrons. The van der Waals surface area contributed by atoms with Gasteiger partial charge in [-0.1, -0.05) is 30.3 Å². The zero-order valence-electron chi connectivity index (χ0n) is 15.2. The highest BCUT2D eigenvalue weighted by Gasteiger charge is 2.23. The molecule has 5 nitrogen and oxygen atoms in total. The maximum Gasteiger partial charge on any atom is 0.243 e. The summed E-state index contributed by atoms with van der Waals surface area (Å²) in [6.07, 6.45) is 2.34. The van der Waals surface area contributed by atoms with E-state index in [9.17, 15) is 13.2 Å². The van der Waals surface area contributed by atoms with E-state index in [-0.39, 0.29) is 10.7 Å². The fourth-order valence-corrected chi connectivity index (χ4v) is 4.43. The average molecular weight is 372 g/mol. The van der Waals surface area contributed by atoms with Gasteiger partial charge in [-0.25, -0.2) is 8.42 Å². The van der Waals surface area contributed by atoms with Crippen LogP contribution in [0.4, 0.5) is 5.69 Å². The lowest BCUT2D eigenvalue weighted by Gasteiger charge is -2.24. The van der Waals surface area contributed by atoms with E-state index in [0.29, 0.717) is 12.1 Å². The van der Waals surface area contributed by atoms with E-state index in [2.05, 4.69) is 11.0 Å². The number of hydrogen-bond acceptors (Lipinski definition) is 4. The van der Waals surface area contributed by atoms with Crippen molar-refractivity contribution in [1.82, 2.24) is 4.31 Å². The summed E-state index contributed by atoms with van der Waals surface area (Å²) in [7, 11) is -2.02. The van der Waals surface area contributed by atoms with E-state index >= 15 is 0 Å². The number of para-hydroxylation sites is 1. The lowest BCUT2D eigenvalue weighted by Crippen LogP contribution is -2.28. The molecule has 0 saturated carbocycles. The van der Waals surface area contributed by atoms with Gasteiger partial charge in [0, 0.05) is 37.9 Å². The van der Waals surface area contributed by atoms with E-state index in [1.807, 2.05) is 18.2 Å². The molecule has 0 N–H and O–H groups in total. The topological polar surface area (TPSA) is 57.7 Å². The van der Waals surface area contributed by atoms with Crippen LogP contribution in [-0.4, -0.2) is 38.6 Å². The maximum absolute atomic E-state index is 12.9. The lowest BCUT2D eigenvalue weighted by molar-refractivity contribution is 0.101. The number of anilines is 1. The molecular formula is C20H24N2O3S. The van der Waals surface area contributed by atoms with Crippen molar-refractivity contribution in [2.45, 2.75) is 31.2 Å². The largest absolute Gasteiger partial charge is 0.371 e. The Morgan fingerprint density at radius 2 is 1.65 bits per heavy atom. The normalized spacial score (nSPS) is 14.8. The van der Waals surface area contributed by atoms with Crippen LogP contribution in [0.2, 0.25) is 0 Å². The number of rotatable bonds is 6. The highest BCUT2D eigenvalue weighted by Crippen LogP contribution is 2.27. The van der Waals surface area contributed by atoms with Gasteiger partial charge in [0.2, 0.25) is 10.0 Å². The highest BCUT2D eigenvalue weighted by molar-refractivity contribution is 7.89. The SMILES string of the molecule is CC(=O)c1ccc(S(=O)(=O)N(C)Cc2ccccc2N2CCCC2)cc1. The molecule has 1 aliphatic heterocycles. The van der Waals surface area contributed by atoms with Crippen LogP contribution in [0.15, 0.2) is 53.4 Å². The molecule has 138 valence electrons. The van der Waals surface area contributed by atoms with Gasteiger partial charge in [0.15, 0.2) is 5.78 Å². The Hall–Kier alpha value is -2.18. The van der Waals surface area contributed by atoms with Gasteiger partial charge in [0.05, 0.1) is 4.90 Å². The minimum Gasteiger partial charge on any atom is -0.371 e. The zero-order valence-corrected chi connectivity index (χ0v) is 16.0. The van der Waals surface area contributed by atoms with Gasteiger partial charge < -0.3 is 4.90 Å². The number of carbonyl (C=O) groups excluding carboxylic acids is 1. The summed E-state index contributed by atoms with van der Waals surface area (Å²) in [4.78, 5) is 13.9. The quantitative estimate of drug-likeness (QED) is 0.730. The van der Waals surface area contributed by atoms with Crippen molar-refractivity contribution in [2.24, 2.45) is 0 Å². The van der Waals surface area contributed by atoms with Crippen LogP contribution in [0.5, 0.6) is 0 Å². The maximum atomic E-state index is 12.9. The lowest BCUT2D eigenvalue weighted by atomic mass is 10.1. The first-order valence-corrected chi connectivity index (χ1v) is 10.2. The van der Waals surface area contributed by atoms with Crippen molar-refractivity contribution in [3.8, 4) is 0 Å². The number of nitrogens with zero attached hydrogens (tertiary/aromatic N) is 2. The summed E-state index contributed by atoms with van der Waals surface area (Å²) >= 11 is 0. The molecule has 6 heteroatoms. The molecule has 26 heavy (non-hydrogen) atoms. The third-order valence-corrected chi connectivity index (χ3v) is 6.62. The zero-order chi connectivity index (χ0) is 18.7. The van der Waals surface area contributed by atoms with E-state index < -0.39 is 10.0 Å². The summed E-state index contributed by atoms with van der Waals surface area (Å²) in [5.41, 5.74) is 2.62. The summed E-state index contributed by atoms with van der Waals surface area (Å²) in [5.74, 6) is -0.0816. The van der Waals surface area contributed by atoms with E-state index in [4.69, 9.17) is 0 Å². The van der Waals surface area contributed by atoms with Gasteiger partial charge in [-0.15, -0.1) is 0 Å². The first-order chi connectivity index (χ1) is 12.4. The Bertz CT molecular complexity index is 886. The number of benzene rings is 2. The monoisotopic (exact) mass is 372 g/mol. The van der Waals surface area contributed by atoms with Gasteiger partial charge >= 0.3 is 0 Å². The number of sulfonamides is 1. The molecule has 0 unspecified atom stereocenters. The standard InChI is InChI=1S/C20H24N2O3S/c1-16(23)17-9-11-19(12-10-17)26(24,25)21(2)15-18-7-3-4-8-20(18)22-13-5-6-14-22/h3-4,7-12H,5-6,13-15H2,1-2H3. The van der Waals surface area contributed by atoms with Crippen LogP contribution in [0.25, 0.3) is 0 Å². The molecule has 1 saturated heterocycles. The number of Topliss-reactive ketones (excluding diaryl/α,β-unsaturated/α-hetero) is 1. The summed E-state index contributed by atoms with van der Waals surface area (Å²) in [6.45, 7) is 3.80. The predicted octanol–water partition coefficient (Wildman–Crippen LogP) is 3.31. The van der Waals surface area contributed by atoms with Crippen LogP contribution in [0.3, 0.4) is 0 Å². The molecule has 1 heterocycles. The molecule has 1 aliphatic rings. The summed E-state index contributed by atoms with van der Waals surface area (Å²) in [5, 5.41) is 0. The van der Waals surface area contributed by atoms with Gasteiger partial charge in [-0.05, 0) is 43.5 Å². The van der Waals surface area contributed by atoms with Crippen LogP contribution >= 0.6 is 0 Å². The summed E-state index contributed by atoms with van der Waals surface area (Å²) in [6, 6.07) is 14.1. The number of ketones is 1. The number of hydrogen-bond donors (Lipinski definition) is 0. The first kappa shape index (κ1) is 18.6. The van der Waals surface area contributed by atoms with Crippen molar-refractivity contribution < 1.29 is 13.2 Å². The van der Waals surface area contributed by atoms with Crippen molar-refractivity contribution >= 4 is 21.5 Å². The minimum absolute atomic E-state index is 0.0816. The molecule has 3 rings (SSSR count). The molecule has 0 spiro atoms. The first-order valence-electron chi connectivity index (χ1n) is 8.80. The van der Waals surface area contributed by atoms with E-state index in [1.165, 1.54) is 36.2 Å². The number of carbonyl (C=O) groups is 1. The Morgan fingerprint density at radius 3 is 2.27 bits per heavy atom. The second-order valence-electron chi connectivity index (χ2n) is 6.66. The highest BCUT2D eigenvalue weighted by atomic mass is 32.2. The third kappa shape index (κ3) is 3.81. The van der Waals surface area contributed by atoms with Gasteiger partial charge in [0.1, 0.15) is 0 Å². The molecule has 0 amide bonds. The smallest absolute Gasteiger partial charge is 0.243 e. The van der Waals surface area contributed by atoms with Crippen molar-refractivity contribution in [3.05, 3.63) is 59.7 Å². The minimum atomic E-state index is -3.62. The van der Waals surface area contributed by atoms with Gasteiger partial charge in [-0.3, -0.25) is 4.79 Å². The Morgan fingerprint density at radius 1 is 1.04 bits per heavy atom. The van der Waals surface area contributed by atoms with E-state index in [1.54, 1.807) is 19.2 Å². The van der Waals surface area contributed by atoms with Crippen molar-refractivity contribution in [3.63, 3.8) is 0 Å². The molecule has 1 fully saturated rings. The molecule has 0 aliphatic carbocycles. The molecule has 0 aromatic heterocycles. The summed E-state index contributed by atoms with van der Waals surface area (Å²) < 4.78 is 27.1. The fraction of sp³-hybridized carbons (Fsp3) is 0.350. The van der Waals surface area contributed by atoms with Crippen LogP contribution in [0.1, 0.15) is 35.7 Å². The molecule has 2 aromatic carbocycles. The van der Waals surface area contributed by atoms with Crippen LogP contribution < -0.4 is 4.90 Å². The second-order valence-corrected chi connectivity index (χ2v) is 8.71. The fourth-order valence-electron chi connectivity index (χ4n) is 3.28. The Balaban J connectivity index is 1.83. The average Bonchev–Trinajstić information content (AvgIpc) is 3.16.